The number of aromatic amines is 1. The fourth-order valence-corrected chi connectivity index (χ4v) is 2.73. The molecule has 1 aromatic carbocycles. The largest absolute Gasteiger partial charge is 0.354 e. The molecule has 3 N–H and O–H groups in total. The number of nitrogens with zero attached hydrogens (tertiary/aromatic N) is 1. The quantitative estimate of drug-likeness (QED) is 0.803. The fourth-order valence-electron chi connectivity index (χ4n) is 2.73. The zero-order chi connectivity index (χ0) is 17.1. The highest BCUT2D eigenvalue weighted by Gasteiger charge is 2.25. The van der Waals surface area contributed by atoms with Crippen molar-refractivity contribution >= 4 is 11.8 Å². The molecule has 1 atom stereocenters. The Hall–Kier alpha value is -2.70. The van der Waals surface area contributed by atoms with E-state index in [0.29, 0.717) is 30.0 Å². The molecule has 1 unspecified atom stereocenters. The molecular weight excluding hydrogens is 311 g/mol. The smallest absolute Gasteiger partial charge is 0.272 e. The molecule has 2 heterocycles. The highest BCUT2D eigenvalue weighted by atomic mass is 19.1. The Morgan fingerprint density at radius 3 is 2.79 bits per heavy atom. The molecule has 2 aromatic rings. The van der Waals surface area contributed by atoms with Crippen molar-refractivity contribution in [2.45, 2.75) is 32.2 Å². The topological polar surface area (TPSA) is 86.9 Å². The molecule has 0 aliphatic carbocycles. The monoisotopic (exact) mass is 330 g/mol. The van der Waals surface area contributed by atoms with Gasteiger partial charge in [0.2, 0.25) is 5.91 Å². The molecule has 2 amide bonds. The summed E-state index contributed by atoms with van der Waals surface area (Å²) in [6.07, 6.45) is 2.41. The van der Waals surface area contributed by atoms with Crippen LogP contribution in [0.5, 0.6) is 0 Å². The lowest BCUT2D eigenvalue weighted by atomic mass is 10.1. The number of carbonyl (C=O) groups is 2. The number of hydrogen-bond acceptors (Lipinski definition) is 3. The normalized spacial score (nSPS) is 17.9. The van der Waals surface area contributed by atoms with Crippen LogP contribution in [0.4, 0.5) is 4.39 Å². The summed E-state index contributed by atoms with van der Waals surface area (Å²) in [6, 6.07) is 5.32. The van der Waals surface area contributed by atoms with E-state index in [4.69, 9.17) is 0 Å². The summed E-state index contributed by atoms with van der Waals surface area (Å²) in [7, 11) is 0. The molecule has 1 saturated heterocycles. The van der Waals surface area contributed by atoms with Crippen molar-refractivity contribution < 1.29 is 14.0 Å². The lowest BCUT2D eigenvalue weighted by Gasteiger charge is -2.14. The average Bonchev–Trinajstić information content (AvgIpc) is 2.84. The maximum atomic E-state index is 13.0. The summed E-state index contributed by atoms with van der Waals surface area (Å²) >= 11 is 0. The van der Waals surface area contributed by atoms with Gasteiger partial charge in [0.1, 0.15) is 23.4 Å². The Balaban J connectivity index is 1.77. The first kappa shape index (κ1) is 16.2. The van der Waals surface area contributed by atoms with E-state index in [1.54, 1.807) is 19.1 Å². The van der Waals surface area contributed by atoms with Crippen molar-refractivity contribution in [1.29, 1.82) is 0 Å². The van der Waals surface area contributed by atoms with Gasteiger partial charge in [-0.25, -0.2) is 9.37 Å². The maximum Gasteiger partial charge on any atom is 0.272 e. The van der Waals surface area contributed by atoms with Crippen molar-refractivity contribution in [3.63, 3.8) is 0 Å². The van der Waals surface area contributed by atoms with Gasteiger partial charge in [0.05, 0.1) is 0 Å². The van der Waals surface area contributed by atoms with Gasteiger partial charge in [-0.3, -0.25) is 9.59 Å². The minimum atomic E-state index is -0.537. The standard InChI is InChI=1S/C17H19FN4O2/c1-10-14(17(24)21-13-4-2-3-9-19-16(13)23)22-15(20-10)11-5-7-12(18)8-6-11/h5-8,13H,2-4,9H2,1H3,(H,19,23)(H,20,22)(H,21,24). The van der Waals surface area contributed by atoms with E-state index in [2.05, 4.69) is 20.6 Å². The molecule has 6 nitrogen and oxygen atoms in total. The highest BCUT2D eigenvalue weighted by molar-refractivity contribution is 5.97. The van der Waals surface area contributed by atoms with E-state index in [0.717, 1.165) is 12.8 Å². The molecule has 7 heteroatoms. The first-order valence-corrected chi connectivity index (χ1v) is 7.95. The number of nitrogens with one attached hydrogen (secondary N) is 3. The van der Waals surface area contributed by atoms with E-state index in [1.165, 1.54) is 12.1 Å². The number of rotatable bonds is 3. The van der Waals surface area contributed by atoms with Gasteiger partial charge in [-0.2, -0.15) is 0 Å². The van der Waals surface area contributed by atoms with E-state index in [9.17, 15) is 14.0 Å². The number of benzene rings is 1. The van der Waals surface area contributed by atoms with Crippen LogP contribution < -0.4 is 10.6 Å². The SMILES string of the molecule is Cc1[nH]c(-c2ccc(F)cc2)nc1C(=O)NC1CCCCNC1=O. The Morgan fingerprint density at radius 1 is 1.29 bits per heavy atom. The highest BCUT2D eigenvalue weighted by Crippen LogP contribution is 2.18. The Bertz CT molecular complexity index is 754. The van der Waals surface area contributed by atoms with Gasteiger partial charge in [0.25, 0.3) is 5.91 Å². The Kier molecular flexibility index (Phi) is 4.59. The third kappa shape index (κ3) is 3.45. The maximum absolute atomic E-state index is 13.0. The third-order valence-electron chi connectivity index (χ3n) is 4.06. The van der Waals surface area contributed by atoms with Crippen molar-refractivity contribution in [3.05, 3.63) is 41.5 Å². The summed E-state index contributed by atoms with van der Waals surface area (Å²) in [6.45, 7) is 2.38. The Morgan fingerprint density at radius 2 is 2.04 bits per heavy atom. The summed E-state index contributed by atoms with van der Waals surface area (Å²) < 4.78 is 13.0. The van der Waals surface area contributed by atoms with E-state index < -0.39 is 6.04 Å². The number of halogens is 1. The number of aromatic nitrogens is 2. The Labute approximate surface area is 138 Å². The van der Waals surface area contributed by atoms with Crippen molar-refractivity contribution in [1.82, 2.24) is 20.6 Å². The number of aryl methyl sites for hydroxylation is 1. The molecule has 1 aliphatic heterocycles. The molecule has 1 fully saturated rings. The van der Waals surface area contributed by atoms with E-state index >= 15 is 0 Å². The molecule has 1 aromatic heterocycles. The first-order valence-electron chi connectivity index (χ1n) is 7.95. The molecule has 0 bridgehead atoms. The molecule has 0 saturated carbocycles. The predicted molar refractivity (Wildman–Crippen MR) is 86.8 cm³/mol. The second-order valence-corrected chi connectivity index (χ2v) is 5.88. The number of amides is 2. The summed E-state index contributed by atoms with van der Waals surface area (Å²) in [5.41, 5.74) is 1.53. The average molecular weight is 330 g/mol. The summed E-state index contributed by atoms with van der Waals surface area (Å²) in [5.74, 6) is -0.394. The van der Waals surface area contributed by atoms with E-state index in [1.807, 2.05) is 0 Å². The minimum absolute atomic E-state index is 0.159. The lowest BCUT2D eigenvalue weighted by Crippen LogP contribution is -2.45. The zero-order valence-corrected chi connectivity index (χ0v) is 13.4. The van der Waals surface area contributed by atoms with Crippen molar-refractivity contribution in [2.24, 2.45) is 0 Å². The van der Waals surface area contributed by atoms with Crippen LogP contribution in [-0.4, -0.2) is 34.4 Å². The second kappa shape index (κ2) is 6.82. The number of imidazole rings is 1. The van der Waals surface area contributed by atoms with Gasteiger partial charge < -0.3 is 15.6 Å². The second-order valence-electron chi connectivity index (χ2n) is 5.88. The molecule has 0 spiro atoms. The van der Waals surface area contributed by atoms with Crippen molar-refractivity contribution in [3.8, 4) is 11.4 Å². The number of H-pyrrole nitrogens is 1. The fraction of sp³-hybridized carbons (Fsp3) is 0.353. The van der Waals surface area contributed by atoms with Gasteiger partial charge in [0, 0.05) is 17.8 Å². The molecule has 24 heavy (non-hydrogen) atoms. The van der Waals surface area contributed by atoms with Crippen LogP contribution in [0.1, 0.15) is 35.4 Å². The molecular formula is C17H19FN4O2. The van der Waals surface area contributed by atoms with Gasteiger partial charge in [-0.15, -0.1) is 0 Å². The van der Waals surface area contributed by atoms with Crippen LogP contribution in [0.15, 0.2) is 24.3 Å². The van der Waals surface area contributed by atoms with Gasteiger partial charge in [-0.1, -0.05) is 0 Å². The lowest BCUT2D eigenvalue weighted by molar-refractivity contribution is -0.122. The molecule has 0 radical (unpaired) electrons. The van der Waals surface area contributed by atoms with E-state index in [-0.39, 0.29) is 23.3 Å². The van der Waals surface area contributed by atoms with Crippen molar-refractivity contribution in [2.75, 3.05) is 6.54 Å². The van der Waals surface area contributed by atoms with Gasteiger partial charge in [-0.05, 0) is 50.5 Å². The zero-order valence-electron chi connectivity index (χ0n) is 13.4. The van der Waals surface area contributed by atoms with Gasteiger partial charge >= 0.3 is 0 Å². The number of carbonyl (C=O) groups excluding carboxylic acids is 2. The first-order chi connectivity index (χ1) is 11.5. The minimum Gasteiger partial charge on any atom is -0.354 e. The van der Waals surface area contributed by atoms with Crippen LogP contribution in [0, 0.1) is 12.7 Å². The van der Waals surface area contributed by atoms with Crippen LogP contribution in [0.25, 0.3) is 11.4 Å². The molecule has 126 valence electrons. The third-order valence-corrected chi connectivity index (χ3v) is 4.06. The van der Waals surface area contributed by atoms with Crippen LogP contribution in [0.3, 0.4) is 0 Å². The summed E-state index contributed by atoms with van der Waals surface area (Å²) in [5, 5.41) is 5.53. The number of hydrogen-bond donors (Lipinski definition) is 3. The predicted octanol–water partition coefficient (Wildman–Crippen LogP) is 1.92. The molecule has 3 rings (SSSR count). The van der Waals surface area contributed by atoms with Crippen LogP contribution in [0.2, 0.25) is 0 Å². The van der Waals surface area contributed by atoms with Gasteiger partial charge in [0.15, 0.2) is 0 Å². The molecule has 1 aliphatic rings. The summed E-state index contributed by atoms with van der Waals surface area (Å²) in [4.78, 5) is 31.7. The van der Waals surface area contributed by atoms with Crippen LogP contribution >= 0.6 is 0 Å². The van der Waals surface area contributed by atoms with Crippen LogP contribution in [-0.2, 0) is 4.79 Å².